The number of carboxylic acid groups (broad SMARTS) is 1. The van der Waals surface area contributed by atoms with E-state index in [2.05, 4.69) is 5.32 Å². The zero-order valence-corrected chi connectivity index (χ0v) is 9.37. The lowest BCUT2D eigenvalue weighted by Crippen LogP contribution is -2.60. The number of hydrogen-bond donors (Lipinski definition) is 3. The summed E-state index contributed by atoms with van der Waals surface area (Å²) in [5.74, 6) is -2.47. The molecular formula is C10H16N2O4. The fourth-order valence-corrected chi connectivity index (χ4v) is 1.53. The van der Waals surface area contributed by atoms with Crippen LogP contribution in [0.2, 0.25) is 0 Å². The zero-order valence-electron chi connectivity index (χ0n) is 9.37. The summed E-state index contributed by atoms with van der Waals surface area (Å²) in [5, 5.41) is 11.4. The molecule has 6 nitrogen and oxygen atoms in total. The molecule has 1 saturated carbocycles. The van der Waals surface area contributed by atoms with Gasteiger partial charge in [0.25, 0.3) is 0 Å². The molecule has 1 aliphatic rings. The monoisotopic (exact) mass is 228 g/mol. The number of rotatable bonds is 4. The molecule has 0 radical (unpaired) electrons. The van der Waals surface area contributed by atoms with Gasteiger partial charge in [0, 0.05) is 0 Å². The van der Waals surface area contributed by atoms with Crippen molar-refractivity contribution in [1.82, 2.24) is 5.32 Å². The van der Waals surface area contributed by atoms with Crippen LogP contribution in [0, 0.1) is 5.41 Å². The highest BCUT2D eigenvalue weighted by molar-refractivity contribution is 6.04. The van der Waals surface area contributed by atoms with Crippen LogP contribution < -0.4 is 11.1 Å². The van der Waals surface area contributed by atoms with E-state index in [4.69, 9.17) is 10.8 Å². The smallest absolute Gasteiger partial charge is 0.319 e. The molecule has 0 unspecified atom stereocenters. The van der Waals surface area contributed by atoms with Gasteiger partial charge in [-0.25, -0.2) is 0 Å². The maximum absolute atomic E-state index is 11.8. The number of carboxylic acids is 1. The third-order valence-corrected chi connectivity index (χ3v) is 3.09. The van der Waals surface area contributed by atoms with Gasteiger partial charge in [-0.1, -0.05) is 6.42 Å². The quantitative estimate of drug-likeness (QED) is 0.570. The highest BCUT2D eigenvalue weighted by atomic mass is 16.4. The van der Waals surface area contributed by atoms with E-state index < -0.39 is 28.7 Å². The van der Waals surface area contributed by atoms with E-state index in [9.17, 15) is 14.4 Å². The van der Waals surface area contributed by atoms with Crippen molar-refractivity contribution in [2.45, 2.75) is 38.6 Å². The number of hydrogen-bond acceptors (Lipinski definition) is 3. The van der Waals surface area contributed by atoms with Gasteiger partial charge < -0.3 is 16.2 Å². The van der Waals surface area contributed by atoms with E-state index in [1.807, 2.05) is 0 Å². The number of carbonyl (C=O) groups is 3. The van der Waals surface area contributed by atoms with Crippen LogP contribution >= 0.6 is 0 Å². The normalized spacial score (nSPS) is 18.4. The Morgan fingerprint density at radius 3 is 2.06 bits per heavy atom. The van der Waals surface area contributed by atoms with Crippen molar-refractivity contribution in [2.75, 3.05) is 0 Å². The van der Waals surface area contributed by atoms with Gasteiger partial charge in [-0.2, -0.15) is 0 Å². The van der Waals surface area contributed by atoms with Crippen molar-refractivity contribution >= 4 is 17.8 Å². The SMILES string of the molecule is CC(C)(NC(=O)C1(C(=O)O)CCC1)C(N)=O. The molecule has 2 amide bonds. The molecule has 0 spiro atoms. The first-order valence-electron chi connectivity index (χ1n) is 5.08. The topological polar surface area (TPSA) is 109 Å². The minimum Gasteiger partial charge on any atom is -0.480 e. The van der Waals surface area contributed by atoms with Crippen molar-refractivity contribution < 1.29 is 19.5 Å². The van der Waals surface area contributed by atoms with E-state index in [0.29, 0.717) is 19.3 Å². The summed E-state index contributed by atoms with van der Waals surface area (Å²) in [5.41, 5.74) is 2.50. The Kier molecular flexibility index (Phi) is 2.94. The van der Waals surface area contributed by atoms with Gasteiger partial charge in [0.15, 0.2) is 0 Å². The van der Waals surface area contributed by atoms with E-state index in [0.717, 1.165) is 0 Å². The molecule has 16 heavy (non-hydrogen) atoms. The summed E-state index contributed by atoms with van der Waals surface area (Å²) < 4.78 is 0. The molecule has 0 aromatic carbocycles. The molecule has 0 bridgehead atoms. The lowest BCUT2D eigenvalue weighted by Gasteiger charge is -2.38. The molecule has 1 fully saturated rings. The molecule has 0 heterocycles. The molecule has 0 aliphatic heterocycles. The predicted octanol–water partition coefficient (Wildman–Crippen LogP) is -0.379. The van der Waals surface area contributed by atoms with Gasteiger partial charge in [0.2, 0.25) is 11.8 Å². The highest BCUT2D eigenvalue weighted by Gasteiger charge is 2.52. The van der Waals surface area contributed by atoms with Crippen LogP contribution in [-0.2, 0) is 14.4 Å². The second kappa shape index (κ2) is 3.77. The summed E-state index contributed by atoms with van der Waals surface area (Å²) in [6.45, 7) is 2.89. The Labute approximate surface area is 93.2 Å². The number of amides is 2. The van der Waals surface area contributed by atoms with Crippen molar-refractivity contribution in [1.29, 1.82) is 0 Å². The van der Waals surface area contributed by atoms with Crippen molar-refractivity contribution in [3.63, 3.8) is 0 Å². The molecule has 1 aliphatic carbocycles. The Balaban J connectivity index is 2.79. The van der Waals surface area contributed by atoms with E-state index in [1.54, 1.807) is 0 Å². The van der Waals surface area contributed by atoms with Crippen LogP contribution in [0.25, 0.3) is 0 Å². The molecule has 0 atom stereocenters. The number of nitrogens with one attached hydrogen (secondary N) is 1. The first kappa shape index (κ1) is 12.5. The summed E-state index contributed by atoms with van der Waals surface area (Å²) in [6, 6.07) is 0. The molecule has 6 heteroatoms. The van der Waals surface area contributed by atoms with Gasteiger partial charge in [-0.3, -0.25) is 14.4 Å². The average molecular weight is 228 g/mol. The van der Waals surface area contributed by atoms with Crippen molar-refractivity contribution in [3.05, 3.63) is 0 Å². The molecular weight excluding hydrogens is 212 g/mol. The van der Waals surface area contributed by atoms with E-state index >= 15 is 0 Å². The molecule has 90 valence electrons. The Morgan fingerprint density at radius 1 is 1.31 bits per heavy atom. The van der Waals surface area contributed by atoms with Crippen LogP contribution in [0.3, 0.4) is 0 Å². The van der Waals surface area contributed by atoms with Gasteiger partial charge in [0.1, 0.15) is 11.0 Å². The number of carbonyl (C=O) groups excluding carboxylic acids is 2. The Bertz CT molecular complexity index is 345. The molecule has 0 aromatic rings. The van der Waals surface area contributed by atoms with Crippen molar-refractivity contribution in [3.8, 4) is 0 Å². The van der Waals surface area contributed by atoms with Crippen LogP contribution in [0.15, 0.2) is 0 Å². The second-order valence-electron chi connectivity index (χ2n) is 4.68. The average Bonchev–Trinajstić information content (AvgIpc) is 1.98. The fourth-order valence-electron chi connectivity index (χ4n) is 1.53. The second-order valence-corrected chi connectivity index (χ2v) is 4.68. The summed E-state index contributed by atoms with van der Waals surface area (Å²) in [6.07, 6.45) is 1.32. The lowest BCUT2D eigenvalue weighted by molar-refractivity contribution is -0.163. The molecule has 1 rings (SSSR count). The van der Waals surface area contributed by atoms with Gasteiger partial charge in [-0.05, 0) is 26.7 Å². The predicted molar refractivity (Wildman–Crippen MR) is 55.3 cm³/mol. The number of primary amides is 1. The first-order chi connectivity index (χ1) is 7.22. The van der Waals surface area contributed by atoms with Crippen LogP contribution in [0.4, 0.5) is 0 Å². The molecule has 4 N–H and O–H groups in total. The maximum atomic E-state index is 11.8. The number of nitrogens with two attached hydrogens (primary N) is 1. The van der Waals surface area contributed by atoms with Gasteiger partial charge in [0.05, 0.1) is 0 Å². The van der Waals surface area contributed by atoms with E-state index in [1.165, 1.54) is 13.8 Å². The van der Waals surface area contributed by atoms with Crippen molar-refractivity contribution in [2.24, 2.45) is 11.1 Å². The van der Waals surface area contributed by atoms with Gasteiger partial charge in [-0.15, -0.1) is 0 Å². The van der Waals surface area contributed by atoms with Gasteiger partial charge >= 0.3 is 5.97 Å². The fraction of sp³-hybridized carbons (Fsp3) is 0.700. The summed E-state index contributed by atoms with van der Waals surface area (Å²) in [7, 11) is 0. The van der Waals surface area contributed by atoms with Crippen LogP contribution in [0.5, 0.6) is 0 Å². The Morgan fingerprint density at radius 2 is 1.81 bits per heavy atom. The zero-order chi connectivity index (χ0) is 12.6. The standard InChI is InChI=1S/C10H16N2O4/c1-9(2,6(11)13)12-7(14)10(8(15)16)4-3-5-10/h3-5H2,1-2H3,(H2,11,13)(H,12,14)(H,15,16). The highest BCUT2D eigenvalue weighted by Crippen LogP contribution is 2.41. The maximum Gasteiger partial charge on any atom is 0.319 e. The van der Waals surface area contributed by atoms with E-state index in [-0.39, 0.29) is 0 Å². The largest absolute Gasteiger partial charge is 0.480 e. The summed E-state index contributed by atoms with van der Waals surface area (Å²) in [4.78, 5) is 33.9. The molecule has 0 saturated heterocycles. The third kappa shape index (κ3) is 1.87. The number of aliphatic carboxylic acids is 1. The minimum absolute atomic E-state index is 0.309. The Hall–Kier alpha value is -1.59. The lowest BCUT2D eigenvalue weighted by atomic mass is 9.68. The third-order valence-electron chi connectivity index (χ3n) is 3.09. The van der Waals surface area contributed by atoms with Crippen LogP contribution in [-0.4, -0.2) is 28.4 Å². The molecule has 0 aromatic heterocycles. The minimum atomic E-state index is -1.37. The van der Waals surface area contributed by atoms with Crippen LogP contribution in [0.1, 0.15) is 33.1 Å². The first-order valence-corrected chi connectivity index (χ1v) is 5.08. The summed E-state index contributed by atoms with van der Waals surface area (Å²) >= 11 is 0.